The number of benzene rings is 2. The summed E-state index contributed by atoms with van der Waals surface area (Å²) < 4.78 is 11.8. The van der Waals surface area contributed by atoms with Crippen LogP contribution in [0.1, 0.15) is 31.2 Å². The van der Waals surface area contributed by atoms with Gasteiger partial charge in [-0.05, 0) is 67.9 Å². The van der Waals surface area contributed by atoms with Crippen LogP contribution >= 0.6 is 0 Å². The Kier molecular flexibility index (Phi) is 5.72. The van der Waals surface area contributed by atoms with Crippen molar-refractivity contribution in [2.24, 2.45) is 17.6 Å². The molecule has 3 atom stereocenters. The Morgan fingerprint density at radius 2 is 1.94 bits per heavy atom. The summed E-state index contributed by atoms with van der Waals surface area (Å²) in [6, 6.07) is 17.6. The fourth-order valence-electron chi connectivity index (χ4n) is 5.63. The van der Waals surface area contributed by atoms with Crippen molar-refractivity contribution in [3.63, 3.8) is 0 Å². The van der Waals surface area contributed by atoms with Gasteiger partial charge in [-0.25, -0.2) is 0 Å². The second-order valence-corrected chi connectivity index (χ2v) is 10.2. The number of nitrogens with two attached hydrogens (primary N) is 1. The molecular formula is C27H34N4O2. The Bertz CT molecular complexity index is 1090. The van der Waals surface area contributed by atoms with Gasteiger partial charge in [-0.2, -0.15) is 0 Å². The van der Waals surface area contributed by atoms with Crippen LogP contribution < -0.4 is 15.4 Å². The highest BCUT2D eigenvalue weighted by molar-refractivity contribution is 5.88. The summed E-state index contributed by atoms with van der Waals surface area (Å²) in [7, 11) is 0. The monoisotopic (exact) mass is 446 g/mol. The predicted molar refractivity (Wildman–Crippen MR) is 131 cm³/mol. The van der Waals surface area contributed by atoms with E-state index in [1.807, 2.05) is 12.1 Å². The lowest BCUT2D eigenvalue weighted by atomic mass is 9.91. The zero-order chi connectivity index (χ0) is 22.2. The zero-order valence-electron chi connectivity index (χ0n) is 19.2. The molecule has 1 aromatic heterocycles. The number of fused-ring (bicyclic) bond motifs is 2. The zero-order valence-corrected chi connectivity index (χ0v) is 19.2. The molecule has 6 heteroatoms. The molecule has 2 saturated heterocycles. The fraction of sp³-hybridized carbons (Fsp3) is 0.519. The molecule has 6 nitrogen and oxygen atoms in total. The van der Waals surface area contributed by atoms with Crippen LogP contribution in [0.5, 0.6) is 5.75 Å². The first-order valence-electron chi connectivity index (χ1n) is 12.5. The Hall–Kier alpha value is -2.57. The van der Waals surface area contributed by atoms with E-state index in [0.29, 0.717) is 18.0 Å². The molecule has 0 bridgehead atoms. The first kappa shape index (κ1) is 21.0. The lowest BCUT2D eigenvalue weighted by Gasteiger charge is -2.46. The van der Waals surface area contributed by atoms with Crippen LogP contribution in [-0.4, -0.2) is 54.9 Å². The van der Waals surface area contributed by atoms with E-state index in [1.165, 1.54) is 31.2 Å². The van der Waals surface area contributed by atoms with E-state index in [0.717, 1.165) is 67.7 Å². The number of piperidine rings is 1. The minimum Gasteiger partial charge on any atom is -0.493 e. The van der Waals surface area contributed by atoms with Gasteiger partial charge in [0.15, 0.2) is 11.4 Å². The number of hydrogen-bond acceptors (Lipinski definition) is 6. The number of hydrogen-bond donors (Lipinski definition) is 1. The van der Waals surface area contributed by atoms with Gasteiger partial charge >= 0.3 is 0 Å². The molecule has 3 aromatic rings. The van der Waals surface area contributed by atoms with Gasteiger partial charge in [0.2, 0.25) is 0 Å². The quantitative estimate of drug-likeness (QED) is 0.590. The maximum Gasteiger partial charge on any atom is 0.180 e. The minimum absolute atomic E-state index is 0.296. The van der Waals surface area contributed by atoms with Crippen molar-refractivity contribution >= 4 is 16.8 Å². The van der Waals surface area contributed by atoms with Crippen molar-refractivity contribution in [1.29, 1.82) is 0 Å². The minimum atomic E-state index is 0.296. The molecule has 0 spiro atoms. The Labute approximate surface area is 195 Å². The van der Waals surface area contributed by atoms with Gasteiger partial charge in [0.05, 0.1) is 12.0 Å². The molecule has 3 aliphatic rings. The van der Waals surface area contributed by atoms with Crippen LogP contribution in [0.4, 0.5) is 5.82 Å². The second-order valence-electron chi connectivity index (χ2n) is 10.2. The maximum absolute atomic E-state index is 6.32. The smallest absolute Gasteiger partial charge is 0.180 e. The number of ether oxygens (including phenoxy) is 1. The molecule has 33 heavy (non-hydrogen) atoms. The van der Waals surface area contributed by atoms with Gasteiger partial charge in [0.25, 0.3) is 0 Å². The van der Waals surface area contributed by atoms with Crippen LogP contribution in [0.25, 0.3) is 11.0 Å². The lowest BCUT2D eigenvalue weighted by Crippen LogP contribution is -2.57. The van der Waals surface area contributed by atoms with Crippen LogP contribution in [0.15, 0.2) is 53.1 Å². The van der Waals surface area contributed by atoms with E-state index in [-0.39, 0.29) is 0 Å². The average molecular weight is 447 g/mol. The third kappa shape index (κ3) is 4.59. The van der Waals surface area contributed by atoms with Gasteiger partial charge in [-0.3, -0.25) is 4.90 Å². The molecule has 3 unspecified atom stereocenters. The Morgan fingerprint density at radius 1 is 1.03 bits per heavy atom. The summed E-state index contributed by atoms with van der Waals surface area (Å²) in [4.78, 5) is 5.06. The number of rotatable bonds is 7. The molecule has 1 aliphatic carbocycles. The van der Waals surface area contributed by atoms with E-state index in [1.54, 1.807) is 0 Å². The van der Waals surface area contributed by atoms with E-state index in [9.17, 15) is 0 Å². The summed E-state index contributed by atoms with van der Waals surface area (Å²) in [5.74, 6) is 3.30. The SMILES string of the molecule is NC(Cc1cccc(OCC2CCC3CN(c4noc5ccccc45)CCN3C2)c1)C1CC1. The maximum atomic E-state index is 6.32. The van der Waals surface area contributed by atoms with Gasteiger partial charge in [0, 0.05) is 44.2 Å². The van der Waals surface area contributed by atoms with Crippen molar-refractivity contribution in [3.05, 3.63) is 54.1 Å². The molecule has 174 valence electrons. The molecule has 2 aromatic carbocycles. The highest BCUT2D eigenvalue weighted by Gasteiger charge is 2.34. The summed E-state index contributed by atoms with van der Waals surface area (Å²) >= 11 is 0. The number of piperazine rings is 1. The largest absolute Gasteiger partial charge is 0.493 e. The number of nitrogens with zero attached hydrogens (tertiary/aromatic N) is 3. The summed E-state index contributed by atoms with van der Waals surface area (Å²) in [5, 5.41) is 5.50. The molecule has 0 radical (unpaired) electrons. The first-order chi connectivity index (χ1) is 16.2. The van der Waals surface area contributed by atoms with Crippen molar-refractivity contribution in [2.45, 2.75) is 44.2 Å². The van der Waals surface area contributed by atoms with Gasteiger partial charge in [0.1, 0.15) is 5.75 Å². The van der Waals surface area contributed by atoms with E-state index in [2.05, 4.69) is 51.4 Å². The van der Waals surface area contributed by atoms with Crippen LogP contribution in [0.3, 0.4) is 0 Å². The summed E-state index contributed by atoms with van der Waals surface area (Å²) in [5.41, 5.74) is 8.49. The molecule has 6 rings (SSSR count). The van der Waals surface area contributed by atoms with Crippen molar-refractivity contribution in [2.75, 3.05) is 37.7 Å². The number of aromatic nitrogens is 1. The fourth-order valence-corrected chi connectivity index (χ4v) is 5.63. The molecule has 3 fully saturated rings. The topological polar surface area (TPSA) is 67.8 Å². The van der Waals surface area contributed by atoms with E-state index >= 15 is 0 Å². The predicted octanol–water partition coefficient (Wildman–Crippen LogP) is 4.09. The van der Waals surface area contributed by atoms with Gasteiger partial charge in [-0.1, -0.05) is 29.4 Å². The van der Waals surface area contributed by atoms with Crippen molar-refractivity contribution < 1.29 is 9.26 Å². The summed E-state index contributed by atoms with van der Waals surface area (Å²) in [6.07, 6.45) is 5.96. The normalized spacial score (nSPS) is 24.6. The highest BCUT2D eigenvalue weighted by Crippen LogP contribution is 2.34. The average Bonchev–Trinajstić information content (AvgIpc) is 3.62. The molecule has 2 N–H and O–H groups in total. The lowest BCUT2D eigenvalue weighted by molar-refractivity contribution is 0.0726. The van der Waals surface area contributed by atoms with Crippen molar-refractivity contribution in [3.8, 4) is 5.75 Å². The summed E-state index contributed by atoms with van der Waals surface area (Å²) in [6.45, 7) is 4.98. The number of para-hydroxylation sites is 1. The van der Waals surface area contributed by atoms with E-state index in [4.69, 9.17) is 15.0 Å². The first-order valence-corrected chi connectivity index (χ1v) is 12.5. The second kappa shape index (κ2) is 8.99. The number of anilines is 1. The highest BCUT2D eigenvalue weighted by atomic mass is 16.5. The van der Waals surface area contributed by atoms with Crippen LogP contribution in [0.2, 0.25) is 0 Å². The Balaban J connectivity index is 1.02. The van der Waals surface area contributed by atoms with Gasteiger partial charge in [-0.15, -0.1) is 0 Å². The molecule has 1 saturated carbocycles. The van der Waals surface area contributed by atoms with Crippen LogP contribution in [0, 0.1) is 11.8 Å². The molecular weight excluding hydrogens is 412 g/mol. The third-order valence-electron chi connectivity index (χ3n) is 7.75. The molecule has 3 heterocycles. The van der Waals surface area contributed by atoms with Crippen LogP contribution in [-0.2, 0) is 6.42 Å². The molecule has 0 amide bonds. The van der Waals surface area contributed by atoms with Crippen molar-refractivity contribution in [1.82, 2.24) is 10.1 Å². The standard InChI is InChI=1S/C27H34N4O2/c28-25(21-9-10-21)15-19-4-3-5-23(14-19)32-18-20-8-11-22-17-31(13-12-30(22)16-20)27-24-6-1-2-7-26(24)33-29-27/h1-7,14,20-22,25H,8-13,15-18,28H2. The Morgan fingerprint density at radius 3 is 2.85 bits per heavy atom. The third-order valence-corrected chi connectivity index (χ3v) is 7.75. The molecule has 2 aliphatic heterocycles. The van der Waals surface area contributed by atoms with Gasteiger partial charge < -0.3 is 19.9 Å². The van der Waals surface area contributed by atoms with E-state index < -0.39 is 0 Å².